The lowest BCUT2D eigenvalue weighted by molar-refractivity contribution is 0.178. The smallest absolute Gasteiger partial charge is 0.170 e. The number of likely N-dealkylation sites (tertiary alicyclic amines) is 1. The number of aliphatic hydroxyl groups excluding tert-OH is 1. The second-order valence-electron chi connectivity index (χ2n) is 8.81. The molecule has 1 atom stereocenters. The molecule has 2 aromatic rings. The molecule has 0 spiro atoms. The third kappa shape index (κ3) is 3.76. The fourth-order valence-electron chi connectivity index (χ4n) is 5.04. The first-order valence-corrected chi connectivity index (χ1v) is 11.1. The van der Waals surface area contributed by atoms with Gasteiger partial charge in [0.25, 0.3) is 0 Å². The summed E-state index contributed by atoms with van der Waals surface area (Å²) >= 11 is 0. The van der Waals surface area contributed by atoms with Gasteiger partial charge in [0.15, 0.2) is 5.58 Å². The van der Waals surface area contributed by atoms with Crippen molar-refractivity contribution in [2.24, 2.45) is 4.99 Å². The summed E-state index contributed by atoms with van der Waals surface area (Å²) in [5, 5.41) is 15.4. The average molecular weight is 413 g/mol. The molecule has 1 aromatic carbocycles. The minimum absolute atomic E-state index is 0.289. The first kappa shape index (κ1) is 19.7. The van der Waals surface area contributed by atoms with Crippen LogP contribution in [0.1, 0.15) is 50.6 Å². The molecule has 0 amide bonds. The molecular formula is C23H29FN4O2. The Balaban J connectivity index is 1.18. The van der Waals surface area contributed by atoms with E-state index in [-0.39, 0.29) is 5.82 Å². The van der Waals surface area contributed by atoms with Gasteiger partial charge < -0.3 is 19.4 Å². The van der Waals surface area contributed by atoms with Crippen molar-refractivity contribution in [2.45, 2.75) is 51.0 Å². The molecule has 30 heavy (non-hydrogen) atoms. The molecular weight excluding hydrogens is 383 g/mol. The van der Waals surface area contributed by atoms with Crippen molar-refractivity contribution in [3.05, 3.63) is 41.0 Å². The van der Waals surface area contributed by atoms with Crippen LogP contribution in [0.25, 0.3) is 11.0 Å². The van der Waals surface area contributed by atoms with Crippen molar-refractivity contribution in [2.75, 3.05) is 32.7 Å². The molecule has 160 valence electrons. The lowest BCUT2D eigenvalue weighted by Crippen LogP contribution is -2.47. The van der Waals surface area contributed by atoms with Crippen LogP contribution in [0.4, 0.5) is 4.39 Å². The van der Waals surface area contributed by atoms with Gasteiger partial charge in [-0.3, -0.25) is 0 Å². The van der Waals surface area contributed by atoms with Crippen LogP contribution in [0.3, 0.4) is 0 Å². The van der Waals surface area contributed by atoms with Gasteiger partial charge in [-0.2, -0.15) is 0 Å². The SMILES string of the molecule is CC1=C(CCN2CCC(c3noc4cc(F)ccc34)CC2)CN2CCCC(O)C2=N1. The van der Waals surface area contributed by atoms with Gasteiger partial charge in [-0.1, -0.05) is 5.16 Å². The number of hydrogen-bond acceptors (Lipinski definition) is 6. The Morgan fingerprint density at radius 2 is 2.03 bits per heavy atom. The van der Waals surface area contributed by atoms with Crippen LogP contribution in [-0.2, 0) is 0 Å². The fourth-order valence-corrected chi connectivity index (χ4v) is 5.04. The molecule has 6 nitrogen and oxygen atoms in total. The van der Waals surface area contributed by atoms with Crippen LogP contribution in [0.2, 0.25) is 0 Å². The van der Waals surface area contributed by atoms with Gasteiger partial charge in [0.1, 0.15) is 17.8 Å². The highest BCUT2D eigenvalue weighted by Gasteiger charge is 2.29. The zero-order chi connectivity index (χ0) is 20.7. The lowest BCUT2D eigenvalue weighted by Gasteiger charge is -2.38. The van der Waals surface area contributed by atoms with E-state index in [1.54, 1.807) is 6.07 Å². The van der Waals surface area contributed by atoms with Crippen LogP contribution in [0, 0.1) is 5.82 Å². The first-order chi connectivity index (χ1) is 14.6. The van der Waals surface area contributed by atoms with Crippen molar-refractivity contribution in [3.63, 3.8) is 0 Å². The number of allylic oxidation sites excluding steroid dienone is 1. The zero-order valence-corrected chi connectivity index (χ0v) is 17.5. The maximum absolute atomic E-state index is 13.4. The molecule has 5 rings (SSSR count). The van der Waals surface area contributed by atoms with Gasteiger partial charge in [0, 0.05) is 42.7 Å². The maximum Gasteiger partial charge on any atom is 0.170 e. The predicted octanol–water partition coefficient (Wildman–Crippen LogP) is 3.68. The molecule has 2 fully saturated rings. The summed E-state index contributed by atoms with van der Waals surface area (Å²) in [5.74, 6) is 0.941. The number of piperidine rings is 2. The monoisotopic (exact) mass is 412 g/mol. The summed E-state index contributed by atoms with van der Waals surface area (Å²) in [6, 6.07) is 4.68. The lowest BCUT2D eigenvalue weighted by atomic mass is 9.91. The number of fused-ring (bicyclic) bond motifs is 2. The average Bonchev–Trinajstić information content (AvgIpc) is 3.16. The molecule has 1 N–H and O–H groups in total. The summed E-state index contributed by atoms with van der Waals surface area (Å²) in [4.78, 5) is 9.49. The maximum atomic E-state index is 13.4. The number of aliphatic hydroxyl groups is 1. The minimum atomic E-state index is -0.404. The van der Waals surface area contributed by atoms with Crippen LogP contribution >= 0.6 is 0 Å². The molecule has 4 heterocycles. The summed E-state index contributed by atoms with van der Waals surface area (Å²) in [6.07, 6.45) is 4.55. The highest BCUT2D eigenvalue weighted by molar-refractivity contribution is 5.89. The van der Waals surface area contributed by atoms with E-state index < -0.39 is 6.10 Å². The van der Waals surface area contributed by atoms with E-state index in [2.05, 4.69) is 21.9 Å². The van der Waals surface area contributed by atoms with E-state index in [0.29, 0.717) is 11.5 Å². The van der Waals surface area contributed by atoms with E-state index in [9.17, 15) is 9.50 Å². The molecule has 0 aliphatic carbocycles. The first-order valence-electron chi connectivity index (χ1n) is 11.1. The van der Waals surface area contributed by atoms with Crippen molar-refractivity contribution in [3.8, 4) is 0 Å². The number of aliphatic imine (C=N–C) groups is 1. The molecule has 7 heteroatoms. The Morgan fingerprint density at radius 3 is 2.87 bits per heavy atom. The Bertz CT molecular complexity index is 990. The van der Waals surface area contributed by atoms with Gasteiger partial charge in [0.2, 0.25) is 0 Å². The van der Waals surface area contributed by atoms with Crippen molar-refractivity contribution in [1.29, 1.82) is 0 Å². The number of amidine groups is 1. The van der Waals surface area contributed by atoms with E-state index in [4.69, 9.17) is 9.52 Å². The van der Waals surface area contributed by atoms with E-state index in [1.165, 1.54) is 17.7 Å². The zero-order valence-electron chi connectivity index (χ0n) is 17.5. The quantitative estimate of drug-likeness (QED) is 0.830. The summed E-state index contributed by atoms with van der Waals surface area (Å²) in [5.41, 5.74) is 3.98. The molecule has 3 aliphatic heterocycles. The summed E-state index contributed by atoms with van der Waals surface area (Å²) in [6.45, 7) is 7.07. The topological polar surface area (TPSA) is 65.1 Å². The number of nitrogens with zero attached hydrogens (tertiary/aromatic N) is 4. The van der Waals surface area contributed by atoms with Crippen LogP contribution in [-0.4, -0.2) is 64.7 Å². The normalized spacial score (nSPS) is 23.8. The largest absolute Gasteiger partial charge is 0.385 e. The van der Waals surface area contributed by atoms with Gasteiger partial charge >= 0.3 is 0 Å². The van der Waals surface area contributed by atoms with E-state index in [1.807, 2.05) is 0 Å². The van der Waals surface area contributed by atoms with Crippen molar-refractivity contribution >= 4 is 16.8 Å². The van der Waals surface area contributed by atoms with Gasteiger partial charge in [-0.05, 0) is 69.8 Å². The highest BCUT2D eigenvalue weighted by Crippen LogP contribution is 2.33. The number of halogens is 1. The number of aromatic nitrogens is 1. The number of benzene rings is 1. The van der Waals surface area contributed by atoms with Crippen LogP contribution < -0.4 is 0 Å². The molecule has 0 radical (unpaired) electrons. The third-order valence-corrected chi connectivity index (χ3v) is 6.87. The Labute approximate surface area is 176 Å². The molecule has 3 aliphatic rings. The Morgan fingerprint density at radius 1 is 1.20 bits per heavy atom. The van der Waals surface area contributed by atoms with Gasteiger partial charge in [-0.25, -0.2) is 9.38 Å². The molecule has 1 unspecified atom stereocenters. The van der Waals surface area contributed by atoms with Crippen LogP contribution in [0.5, 0.6) is 0 Å². The minimum Gasteiger partial charge on any atom is -0.385 e. The number of rotatable bonds is 4. The van der Waals surface area contributed by atoms with E-state index in [0.717, 1.165) is 87.4 Å². The van der Waals surface area contributed by atoms with E-state index >= 15 is 0 Å². The van der Waals surface area contributed by atoms with Gasteiger partial charge in [-0.15, -0.1) is 0 Å². The standard InChI is InChI=1S/C23H29FN4O2/c1-15-17(14-28-9-2-3-20(29)23(28)25-15)8-12-27-10-6-16(7-11-27)22-19-5-4-18(24)13-21(19)30-26-22/h4-5,13,16,20,29H,2-3,6-12,14H2,1H3. The second-order valence-corrected chi connectivity index (χ2v) is 8.81. The molecule has 2 saturated heterocycles. The van der Waals surface area contributed by atoms with Crippen molar-refractivity contribution in [1.82, 2.24) is 15.0 Å². The number of hydrogen-bond donors (Lipinski definition) is 1. The van der Waals surface area contributed by atoms with Crippen molar-refractivity contribution < 1.29 is 14.0 Å². The van der Waals surface area contributed by atoms with Crippen LogP contribution in [0.15, 0.2) is 39.0 Å². The molecule has 1 aromatic heterocycles. The molecule has 0 saturated carbocycles. The molecule has 0 bridgehead atoms. The Kier molecular flexibility index (Phi) is 5.33. The Hall–Kier alpha value is -2.25. The summed E-state index contributed by atoms with van der Waals surface area (Å²) < 4.78 is 18.7. The van der Waals surface area contributed by atoms with Gasteiger partial charge in [0.05, 0.1) is 5.69 Å². The second kappa shape index (κ2) is 8.12. The third-order valence-electron chi connectivity index (χ3n) is 6.87. The fraction of sp³-hybridized carbons (Fsp3) is 0.565. The summed E-state index contributed by atoms with van der Waals surface area (Å²) in [7, 11) is 0. The highest BCUT2D eigenvalue weighted by atomic mass is 19.1. The predicted molar refractivity (Wildman–Crippen MR) is 114 cm³/mol.